The van der Waals surface area contributed by atoms with Crippen LogP contribution in [0.5, 0.6) is 0 Å². The summed E-state index contributed by atoms with van der Waals surface area (Å²) in [5.41, 5.74) is 2.40. The van der Waals surface area contributed by atoms with Crippen molar-refractivity contribution in [2.45, 2.75) is 134 Å². The molecule has 192 valence electrons. The van der Waals surface area contributed by atoms with Crippen molar-refractivity contribution in [2.24, 2.45) is 0 Å². The SMILES string of the molecule is CCCCCCCCCCc1cc(S(=O)(=O)O)c2ccccc2c1CCCCCCCCCC. The molecule has 0 spiro atoms. The molecule has 4 heteroatoms. The first kappa shape index (κ1) is 28.8. The Morgan fingerprint density at radius 1 is 0.618 bits per heavy atom. The molecule has 0 saturated carbocycles. The summed E-state index contributed by atoms with van der Waals surface area (Å²) in [6, 6.07) is 9.46. The second-order valence-corrected chi connectivity index (χ2v) is 11.4. The first-order valence-corrected chi connectivity index (χ1v) is 15.4. The van der Waals surface area contributed by atoms with Gasteiger partial charge in [-0.15, -0.1) is 0 Å². The van der Waals surface area contributed by atoms with Crippen LogP contribution in [0.15, 0.2) is 35.2 Å². The quantitative estimate of drug-likeness (QED) is 0.158. The van der Waals surface area contributed by atoms with Crippen molar-refractivity contribution in [3.63, 3.8) is 0 Å². The van der Waals surface area contributed by atoms with Gasteiger partial charge in [0.25, 0.3) is 10.1 Å². The average Bonchev–Trinajstić information content (AvgIpc) is 2.82. The molecule has 0 amide bonds. The monoisotopic (exact) mass is 488 g/mol. The van der Waals surface area contributed by atoms with Gasteiger partial charge in [0.05, 0.1) is 0 Å². The predicted molar refractivity (Wildman–Crippen MR) is 146 cm³/mol. The molecule has 0 radical (unpaired) electrons. The summed E-state index contributed by atoms with van der Waals surface area (Å²) in [7, 11) is -4.26. The Balaban J connectivity index is 2.06. The fraction of sp³-hybridized carbons (Fsp3) is 0.667. The van der Waals surface area contributed by atoms with E-state index in [0.717, 1.165) is 36.6 Å². The van der Waals surface area contributed by atoms with Gasteiger partial charge in [0, 0.05) is 5.39 Å². The van der Waals surface area contributed by atoms with Crippen molar-refractivity contribution in [2.75, 3.05) is 0 Å². The lowest BCUT2D eigenvalue weighted by Crippen LogP contribution is -2.05. The number of benzene rings is 2. The third-order valence-corrected chi connectivity index (χ3v) is 7.96. The minimum atomic E-state index is -4.26. The summed E-state index contributed by atoms with van der Waals surface area (Å²) in [5.74, 6) is 0. The molecule has 0 saturated heterocycles. The minimum Gasteiger partial charge on any atom is -0.282 e. The van der Waals surface area contributed by atoms with Crippen molar-refractivity contribution >= 4 is 20.9 Å². The maximum absolute atomic E-state index is 12.2. The third kappa shape index (κ3) is 10.1. The van der Waals surface area contributed by atoms with E-state index >= 15 is 0 Å². The zero-order valence-corrected chi connectivity index (χ0v) is 22.6. The first-order valence-electron chi connectivity index (χ1n) is 14.0. The van der Waals surface area contributed by atoms with Crippen molar-refractivity contribution in [1.82, 2.24) is 0 Å². The Kier molecular flexibility index (Phi) is 13.8. The van der Waals surface area contributed by atoms with Crippen molar-refractivity contribution in [3.05, 3.63) is 41.5 Å². The highest BCUT2D eigenvalue weighted by Crippen LogP contribution is 2.32. The minimum absolute atomic E-state index is 0.0670. The standard InChI is InChI=1S/C30H48O3S/c1-3-5-7-9-11-13-15-17-21-26-25-30(34(31,32)33)29-24-20-19-23-28(29)27(26)22-18-16-14-12-10-8-6-4-2/h19-20,23-25H,3-18,21-22H2,1-2H3,(H,31,32,33). The zero-order chi connectivity index (χ0) is 24.7. The summed E-state index contributed by atoms with van der Waals surface area (Å²) in [5, 5.41) is 1.65. The van der Waals surface area contributed by atoms with E-state index in [2.05, 4.69) is 13.8 Å². The molecule has 0 heterocycles. The number of unbranched alkanes of at least 4 members (excludes halogenated alkanes) is 14. The van der Waals surface area contributed by atoms with E-state index in [0.29, 0.717) is 5.39 Å². The number of rotatable bonds is 19. The zero-order valence-electron chi connectivity index (χ0n) is 21.8. The van der Waals surface area contributed by atoms with Crippen molar-refractivity contribution in [3.8, 4) is 0 Å². The van der Waals surface area contributed by atoms with Crippen LogP contribution in [-0.2, 0) is 23.0 Å². The summed E-state index contributed by atoms with van der Waals surface area (Å²) in [4.78, 5) is 0.0670. The van der Waals surface area contributed by atoms with Gasteiger partial charge in [0.2, 0.25) is 0 Å². The molecule has 1 N–H and O–H groups in total. The molecule has 0 atom stereocenters. The summed E-state index contributed by atoms with van der Waals surface area (Å²) in [6.07, 6.45) is 22.2. The molecule has 0 aromatic heterocycles. The van der Waals surface area contributed by atoms with E-state index < -0.39 is 10.1 Å². The number of fused-ring (bicyclic) bond motifs is 1. The van der Waals surface area contributed by atoms with Crippen LogP contribution in [0.1, 0.15) is 128 Å². The summed E-state index contributed by atoms with van der Waals surface area (Å²) in [6.45, 7) is 4.50. The van der Waals surface area contributed by atoms with Gasteiger partial charge in [0.1, 0.15) is 4.90 Å². The normalized spacial score (nSPS) is 12.0. The number of hydrogen-bond donors (Lipinski definition) is 1. The highest BCUT2D eigenvalue weighted by atomic mass is 32.2. The van der Waals surface area contributed by atoms with E-state index in [1.165, 1.54) is 95.5 Å². The topological polar surface area (TPSA) is 54.4 Å². The van der Waals surface area contributed by atoms with E-state index in [1.54, 1.807) is 6.07 Å². The molecule has 2 aromatic rings. The Bertz CT molecular complexity index is 933. The Labute approximate surface area is 209 Å². The smallest absolute Gasteiger partial charge is 0.282 e. The number of aryl methyl sites for hydroxylation is 2. The first-order chi connectivity index (χ1) is 16.5. The second-order valence-electron chi connectivity index (χ2n) is 9.98. The molecule has 0 aliphatic rings. The van der Waals surface area contributed by atoms with Gasteiger partial charge in [-0.3, -0.25) is 4.55 Å². The van der Waals surface area contributed by atoms with Gasteiger partial charge in [-0.05, 0) is 48.3 Å². The Morgan fingerprint density at radius 2 is 1.06 bits per heavy atom. The molecular weight excluding hydrogens is 440 g/mol. The van der Waals surface area contributed by atoms with Crippen LogP contribution in [0.25, 0.3) is 10.8 Å². The lowest BCUT2D eigenvalue weighted by molar-refractivity contribution is 0.484. The maximum atomic E-state index is 12.2. The van der Waals surface area contributed by atoms with Crippen LogP contribution in [0, 0.1) is 0 Å². The van der Waals surface area contributed by atoms with Crippen LogP contribution in [0.4, 0.5) is 0 Å². The van der Waals surface area contributed by atoms with Crippen LogP contribution < -0.4 is 0 Å². The molecule has 0 unspecified atom stereocenters. The largest absolute Gasteiger partial charge is 0.295 e. The molecule has 0 aliphatic carbocycles. The van der Waals surface area contributed by atoms with Gasteiger partial charge < -0.3 is 0 Å². The molecule has 3 nitrogen and oxygen atoms in total. The van der Waals surface area contributed by atoms with Gasteiger partial charge in [-0.1, -0.05) is 128 Å². The van der Waals surface area contributed by atoms with E-state index in [4.69, 9.17) is 0 Å². The molecule has 0 fully saturated rings. The fourth-order valence-electron chi connectivity index (χ4n) is 5.07. The average molecular weight is 489 g/mol. The van der Waals surface area contributed by atoms with Crippen LogP contribution in [-0.4, -0.2) is 13.0 Å². The fourth-order valence-corrected chi connectivity index (χ4v) is 5.82. The molecule has 0 aliphatic heterocycles. The van der Waals surface area contributed by atoms with E-state index in [9.17, 15) is 13.0 Å². The highest BCUT2D eigenvalue weighted by Gasteiger charge is 2.19. The van der Waals surface area contributed by atoms with Gasteiger partial charge in [-0.25, -0.2) is 0 Å². The Morgan fingerprint density at radius 3 is 1.56 bits per heavy atom. The highest BCUT2D eigenvalue weighted by molar-refractivity contribution is 7.86. The third-order valence-electron chi connectivity index (χ3n) is 7.07. The predicted octanol–water partition coefficient (Wildman–Crippen LogP) is 9.45. The van der Waals surface area contributed by atoms with Crippen LogP contribution in [0.3, 0.4) is 0 Å². The van der Waals surface area contributed by atoms with Gasteiger partial charge in [-0.2, -0.15) is 8.42 Å². The van der Waals surface area contributed by atoms with E-state index in [1.807, 2.05) is 24.3 Å². The van der Waals surface area contributed by atoms with Crippen LogP contribution >= 0.6 is 0 Å². The molecule has 0 bridgehead atoms. The Hall–Kier alpha value is -1.39. The molecule has 2 rings (SSSR count). The summed E-state index contributed by atoms with van der Waals surface area (Å²) >= 11 is 0. The molecular formula is C30H48O3S. The lowest BCUT2D eigenvalue weighted by Gasteiger charge is -2.16. The molecule has 34 heavy (non-hydrogen) atoms. The number of hydrogen-bond acceptors (Lipinski definition) is 2. The molecule has 2 aromatic carbocycles. The van der Waals surface area contributed by atoms with Gasteiger partial charge in [0.15, 0.2) is 0 Å². The van der Waals surface area contributed by atoms with E-state index in [-0.39, 0.29) is 4.90 Å². The maximum Gasteiger partial charge on any atom is 0.295 e. The lowest BCUT2D eigenvalue weighted by atomic mass is 9.91. The second kappa shape index (κ2) is 16.3. The summed E-state index contributed by atoms with van der Waals surface area (Å²) < 4.78 is 34.3. The van der Waals surface area contributed by atoms with Crippen LogP contribution in [0.2, 0.25) is 0 Å². The van der Waals surface area contributed by atoms with Crippen molar-refractivity contribution < 1.29 is 13.0 Å². The van der Waals surface area contributed by atoms with Gasteiger partial charge >= 0.3 is 0 Å². The van der Waals surface area contributed by atoms with Crippen molar-refractivity contribution in [1.29, 1.82) is 0 Å².